The number of nitrogens with two attached hydrogens (primary N) is 1. The molecule has 0 radical (unpaired) electrons. The van der Waals surface area contributed by atoms with Gasteiger partial charge in [-0.25, -0.2) is 0 Å². The van der Waals surface area contributed by atoms with E-state index in [4.69, 9.17) is 5.73 Å². The maximum Gasteiger partial charge on any atom is 0.258 e. The molecule has 0 bridgehead atoms. The van der Waals surface area contributed by atoms with E-state index < -0.39 is 11.5 Å². The first-order valence-corrected chi connectivity index (χ1v) is 6.12. The van der Waals surface area contributed by atoms with Gasteiger partial charge in [-0.15, -0.1) is 0 Å². The zero-order valence-electron chi connectivity index (χ0n) is 11.1. The Morgan fingerprint density at radius 3 is 2.26 bits per heavy atom. The monoisotopic (exact) mass is 255 g/mol. The van der Waals surface area contributed by atoms with Crippen LogP contribution in [-0.4, -0.2) is 11.0 Å². The molecule has 1 amide bonds. The molecule has 3 heteroatoms. The quantitative estimate of drug-likeness (QED) is 0.881. The van der Waals surface area contributed by atoms with Crippen LogP contribution >= 0.6 is 0 Å². The summed E-state index contributed by atoms with van der Waals surface area (Å²) < 4.78 is 0. The Kier molecular flexibility index (Phi) is 3.40. The number of amides is 1. The Morgan fingerprint density at radius 2 is 1.74 bits per heavy atom. The number of aryl methyl sites for hydroxylation is 2. The summed E-state index contributed by atoms with van der Waals surface area (Å²) >= 11 is 0. The summed E-state index contributed by atoms with van der Waals surface area (Å²) in [4.78, 5) is 11.8. The third-order valence-electron chi connectivity index (χ3n) is 3.32. The molecule has 0 saturated carbocycles. The Bertz CT molecular complexity index is 607. The van der Waals surface area contributed by atoms with Gasteiger partial charge in [0.25, 0.3) is 5.91 Å². The molecule has 0 aliphatic rings. The second-order valence-electron chi connectivity index (χ2n) is 4.76. The number of carbonyl (C=O) groups excluding carboxylic acids is 1. The van der Waals surface area contributed by atoms with E-state index in [-0.39, 0.29) is 0 Å². The van der Waals surface area contributed by atoms with Crippen LogP contribution < -0.4 is 5.73 Å². The zero-order valence-corrected chi connectivity index (χ0v) is 11.1. The summed E-state index contributed by atoms with van der Waals surface area (Å²) in [5, 5.41) is 10.8. The van der Waals surface area contributed by atoms with Gasteiger partial charge < -0.3 is 10.8 Å². The van der Waals surface area contributed by atoms with Gasteiger partial charge in [0.1, 0.15) is 0 Å². The number of rotatable bonds is 3. The van der Waals surface area contributed by atoms with Gasteiger partial charge in [0.05, 0.1) is 0 Å². The molecule has 1 unspecified atom stereocenters. The van der Waals surface area contributed by atoms with E-state index in [9.17, 15) is 9.90 Å². The van der Waals surface area contributed by atoms with Crippen LogP contribution in [0.15, 0.2) is 48.5 Å². The molecule has 98 valence electrons. The van der Waals surface area contributed by atoms with Crippen molar-refractivity contribution in [2.24, 2.45) is 5.73 Å². The van der Waals surface area contributed by atoms with Crippen LogP contribution in [0.1, 0.15) is 22.3 Å². The highest BCUT2D eigenvalue weighted by Crippen LogP contribution is 2.31. The molecule has 2 aromatic carbocycles. The van der Waals surface area contributed by atoms with E-state index in [0.717, 1.165) is 11.1 Å². The van der Waals surface area contributed by atoms with Crippen molar-refractivity contribution in [3.63, 3.8) is 0 Å². The summed E-state index contributed by atoms with van der Waals surface area (Å²) in [7, 11) is 0. The van der Waals surface area contributed by atoms with Crippen molar-refractivity contribution >= 4 is 5.91 Å². The minimum atomic E-state index is -1.79. The number of primary amides is 1. The molecule has 3 nitrogen and oxygen atoms in total. The molecule has 1 atom stereocenters. The van der Waals surface area contributed by atoms with Crippen molar-refractivity contribution < 1.29 is 9.90 Å². The van der Waals surface area contributed by atoms with Crippen molar-refractivity contribution in [1.29, 1.82) is 0 Å². The summed E-state index contributed by atoms with van der Waals surface area (Å²) in [5.74, 6) is -0.773. The van der Waals surface area contributed by atoms with Crippen LogP contribution in [0.4, 0.5) is 0 Å². The minimum absolute atomic E-state index is 0.481. The SMILES string of the molecule is Cc1ccc(C(O)(C(N)=O)c2ccccc2)c(C)c1. The van der Waals surface area contributed by atoms with E-state index in [2.05, 4.69) is 0 Å². The van der Waals surface area contributed by atoms with Gasteiger partial charge in [0.15, 0.2) is 5.60 Å². The molecular weight excluding hydrogens is 238 g/mol. The smallest absolute Gasteiger partial charge is 0.258 e. The average Bonchev–Trinajstić information content (AvgIpc) is 2.38. The van der Waals surface area contributed by atoms with E-state index in [1.807, 2.05) is 32.0 Å². The molecule has 0 heterocycles. The van der Waals surface area contributed by atoms with Crippen molar-refractivity contribution in [3.05, 3.63) is 70.8 Å². The van der Waals surface area contributed by atoms with Crippen LogP contribution in [0.5, 0.6) is 0 Å². The summed E-state index contributed by atoms with van der Waals surface area (Å²) in [6.07, 6.45) is 0. The first kappa shape index (κ1) is 13.3. The fourth-order valence-corrected chi connectivity index (χ4v) is 2.33. The molecule has 0 spiro atoms. The highest BCUT2D eigenvalue weighted by atomic mass is 16.3. The molecule has 0 aliphatic heterocycles. The van der Waals surface area contributed by atoms with Gasteiger partial charge in [0, 0.05) is 5.56 Å². The van der Waals surface area contributed by atoms with E-state index in [1.54, 1.807) is 30.3 Å². The number of benzene rings is 2. The molecule has 0 aromatic heterocycles. The third-order valence-corrected chi connectivity index (χ3v) is 3.32. The molecule has 0 aliphatic carbocycles. The summed E-state index contributed by atoms with van der Waals surface area (Å²) in [6, 6.07) is 14.3. The Morgan fingerprint density at radius 1 is 1.11 bits per heavy atom. The van der Waals surface area contributed by atoms with Gasteiger partial charge in [-0.3, -0.25) is 4.79 Å². The molecule has 19 heavy (non-hydrogen) atoms. The summed E-state index contributed by atoms with van der Waals surface area (Å²) in [6.45, 7) is 3.82. The fraction of sp³-hybridized carbons (Fsp3) is 0.188. The minimum Gasteiger partial charge on any atom is -0.372 e. The van der Waals surface area contributed by atoms with Crippen molar-refractivity contribution in [2.75, 3.05) is 0 Å². The average molecular weight is 255 g/mol. The predicted molar refractivity (Wildman–Crippen MR) is 74.6 cm³/mol. The molecule has 0 fully saturated rings. The topological polar surface area (TPSA) is 63.3 Å². The van der Waals surface area contributed by atoms with Crippen molar-refractivity contribution in [3.8, 4) is 0 Å². The normalized spacial score (nSPS) is 13.8. The second kappa shape index (κ2) is 4.86. The van der Waals surface area contributed by atoms with Crippen LogP contribution in [-0.2, 0) is 10.4 Å². The highest BCUT2D eigenvalue weighted by Gasteiger charge is 2.39. The molecular formula is C16H17NO2. The molecule has 2 rings (SSSR count). The van der Waals surface area contributed by atoms with E-state index in [1.165, 1.54) is 0 Å². The standard InChI is InChI=1S/C16H17NO2/c1-11-8-9-14(12(2)10-11)16(19,15(17)18)13-6-4-3-5-7-13/h3-10,19H,1-2H3,(H2,17,18). The van der Waals surface area contributed by atoms with Crippen LogP contribution in [0.3, 0.4) is 0 Å². The number of carbonyl (C=O) groups is 1. The molecule has 0 saturated heterocycles. The zero-order chi connectivity index (χ0) is 14.0. The lowest BCUT2D eigenvalue weighted by atomic mass is 9.83. The van der Waals surface area contributed by atoms with E-state index in [0.29, 0.717) is 11.1 Å². The predicted octanol–water partition coefficient (Wildman–Crippen LogP) is 2.02. The van der Waals surface area contributed by atoms with E-state index >= 15 is 0 Å². The first-order valence-electron chi connectivity index (χ1n) is 6.12. The van der Waals surface area contributed by atoms with Crippen LogP contribution in [0.2, 0.25) is 0 Å². The third kappa shape index (κ3) is 2.25. The number of hydrogen-bond donors (Lipinski definition) is 2. The number of aliphatic hydroxyl groups is 1. The van der Waals surface area contributed by atoms with Gasteiger partial charge in [-0.1, -0.05) is 54.1 Å². The van der Waals surface area contributed by atoms with Crippen LogP contribution in [0.25, 0.3) is 0 Å². The Balaban J connectivity index is 2.67. The lowest BCUT2D eigenvalue weighted by Crippen LogP contribution is -2.42. The lowest BCUT2D eigenvalue weighted by molar-refractivity contribution is -0.133. The van der Waals surface area contributed by atoms with Gasteiger partial charge in [0.2, 0.25) is 0 Å². The Hall–Kier alpha value is -2.13. The summed E-state index contributed by atoms with van der Waals surface area (Å²) in [5.41, 5.74) is 6.57. The highest BCUT2D eigenvalue weighted by molar-refractivity contribution is 5.89. The maximum absolute atomic E-state index is 11.8. The molecule has 3 N–H and O–H groups in total. The lowest BCUT2D eigenvalue weighted by Gasteiger charge is -2.27. The fourth-order valence-electron chi connectivity index (χ4n) is 2.33. The van der Waals surface area contributed by atoms with Crippen molar-refractivity contribution in [1.82, 2.24) is 0 Å². The maximum atomic E-state index is 11.8. The molecule has 2 aromatic rings. The largest absolute Gasteiger partial charge is 0.372 e. The van der Waals surface area contributed by atoms with Crippen LogP contribution in [0, 0.1) is 13.8 Å². The first-order chi connectivity index (χ1) is 8.96. The Labute approximate surface area is 112 Å². The van der Waals surface area contributed by atoms with Gasteiger partial charge in [-0.05, 0) is 25.0 Å². The van der Waals surface area contributed by atoms with Crippen molar-refractivity contribution in [2.45, 2.75) is 19.4 Å². The van der Waals surface area contributed by atoms with Gasteiger partial charge >= 0.3 is 0 Å². The number of hydrogen-bond acceptors (Lipinski definition) is 2. The second-order valence-corrected chi connectivity index (χ2v) is 4.76. The van der Waals surface area contributed by atoms with Gasteiger partial charge in [-0.2, -0.15) is 0 Å².